The molecule has 0 aromatic heterocycles. The molecule has 1 saturated heterocycles. The predicted molar refractivity (Wildman–Crippen MR) is 49.9 cm³/mol. The van der Waals surface area contributed by atoms with E-state index < -0.39 is 12.2 Å². The maximum atomic E-state index is 12.3. The first-order valence-electron chi connectivity index (χ1n) is 4.70. The summed E-state index contributed by atoms with van der Waals surface area (Å²) < 4.78 is 37.0. The molecule has 2 atom stereocenters. The minimum absolute atomic E-state index is 0.0352. The zero-order chi connectivity index (χ0) is 10.9. The molecule has 0 amide bonds. The van der Waals surface area contributed by atoms with E-state index >= 15 is 0 Å². The predicted octanol–water partition coefficient (Wildman–Crippen LogP) is 2.16. The van der Waals surface area contributed by atoms with Crippen molar-refractivity contribution in [2.24, 2.45) is 0 Å². The lowest BCUT2D eigenvalue weighted by atomic mass is 10.0. The lowest BCUT2D eigenvalue weighted by Gasteiger charge is -2.13. The van der Waals surface area contributed by atoms with Crippen LogP contribution in [-0.4, -0.2) is 12.2 Å². The highest BCUT2D eigenvalue weighted by Crippen LogP contribution is 2.31. The molecule has 1 heterocycles. The Kier molecular flexibility index (Phi) is 2.67. The molecule has 2 nitrogen and oxygen atoms in total. The van der Waals surface area contributed by atoms with Crippen LogP contribution in [0.2, 0.25) is 0 Å². The number of halogens is 3. The fourth-order valence-corrected chi connectivity index (χ4v) is 1.67. The molecule has 5 heteroatoms. The number of benzene rings is 1. The minimum Gasteiger partial charge on any atom is -0.250 e. The first-order chi connectivity index (χ1) is 7.07. The lowest BCUT2D eigenvalue weighted by Crippen LogP contribution is -2.40. The van der Waals surface area contributed by atoms with E-state index in [4.69, 9.17) is 0 Å². The summed E-state index contributed by atoms with van der Waals surface area (Å²) in [6, 6.07) is 7.39. The average molecular weight is 216 g/mol. The first-order valence-corrected chi connectivity index (χ1v) is 4.70. The zero-order valence-electron chi connectivity index (χ0n) is 7.88. The van der Waals surface area contributed by atoms with Crippen molar-refractivity contribution in [1.82, 2.24) is 10.9 Å². The van der Waals surface area contributed by atoms with E-state index in [0.717, 1.165) is 5.56 Å². The molecule has 1 aromatic rings. The molecule has 0 radical (unpaired) electrons. The van der Waals surface area contributed by atoms with E-state index in [0.29, 0.717) is 0 Å². The van der Waals surface area contributed by atoms with Crippen LogP contribution in [0.15, 0.2) is 30.3 Å². The third-order valence-corrected chi connectivity index (χ3v) is 2.50. The van der Waals surface area contributed by atoms with Gasteiger partial charge in [0.2, 0.25) is 0 Å². The fourth-order valence-electron chi connectivity index (χ4n) is 1.67. The van der Waals surface area contributed by atoms with E-state index in [-0.39, 0.29) is 12.5 Å². The number of rotatable bonds is 1. The highest BCUT2D eigenvalue weighted by atomic mass is 19.4. The van der Waals surface area contributed by atoms with Gasteiger partial charge in [0.25, 0.3) is 0 Å². The average Bonchev–Trinajstić information content (AvgIpc) is 2.67. The Labute approximate surface area is 85.5 Å². The number of alkyl halides is 3. The van der Waals surface area contributed by atoms with Gasteiger partial charge in [0.1, 0.15) is 6.04 Å². The fraction of sp³-hybridized carbons (Fsp3) is 0.400. The maximum absolute atomic E-state index is 12.3. The molecule has 1 fully saturated rings. The van der Waals surface area contributed by atoms with E-state index in [1.54, 1.807) is 0 Å². The zero-order valence-corrected chi connectivity index (χ0v) is 7.88. The van der Waals surface area contributed by atoms with Crippen molar-refractivity contribution in [2.75, 3.05) is 0 Å². The molecule has 0 saturated carbocycles. The van der Waals surface area contributed by atoms with Gasteiger partial charge < -0.3 is 0 Å². The third-order valence-electron chi connectivity index (χ3n) is 2.50. The second kappa shape index (κ2) is 3.83. The van der Waals surface area contributed by atoms with Gasteiger partial charge in [-0.25, -0.2) is 10.9 Å². The molecule has 2 unspecified atom stereocenters. The molecular weight excluding hydrogens is 205 g/mol. The molecule has 2 rings (SSSR count). The summed E-state index contributed by atoms with van der Waals surface area (Å²) in [4.78, 5) is 0. The molecule has 0 spiro atoms. The molecule has 15 heavy (non-hydrogen) atoms. The van der Waals surface area contributed by atoms with Gasteiger partial charge in [-0.15, -0.1) is 0 Å². The van der Waals surface area contributed by atoms with Gasteiger partial charge in [0.15, 0.2) is 0 Å². The smallest absolute Gasteiger partial charge is 0.250 e. The quantitative estimate of drug-likeness (QED) is 0.751. The van der Waals surface area contributed by atoms with Crippen LogP contribution in [0, 0.1) is 0 Å². The van der Waals surface area contributed by atoms with Gasteiger partial charge in [-0.1, -0.05) is 30.3 Å². The molecule has 1 aromatic carbocycles. The Bertz CT molecular complexity index is 323. The summed E-state index contributed by atoms with van der Waals surface area (Å²) in [6.45, 7) is 0. The minimum atomic E-state index is -4.18. The lowest BCUT2D eigenvalue weighted by molar-refractivity contribution is -0.153. The summed E-state index contributed by atoms with van der Waals surface area (Å²) in [6.07, 6.45) is -4.15. The van der Waals surface area contributed by atoms with Crippen LogP contribution in [-0.2, 0) is 0 Å². The molecule has 0 bridgehead atoms. The monoisotopic (exact) mass is 216 g/mol. The summed E-state index contributed by atoms with van der Waals surface area (Å²) in [7, 11) is 0. The van der Waals surface area contributed by atoms with Gasteiger partial charge in [-0.2, -0.15) is 13.2 Å². The van der Waals surface area contributed by atoms with Crippen LogP contribution in [0.5, 0.6) is 0 Å². The van der Waals surface area contributed by atoms with Crippen LogP contribution in [0.3, 0.4) is 0 Å². The van der Waals surface area contributed by atoms with Crippen molar-refractivity contribution in [2.45, 2.75) is 24.7 Å². The SMILES string of the molecule is FC(F)(F)C1CC(c2ccccc2)NN1. The normalized spacial score (nSPS) is 26.9. The van der Waals surface area contributed by atoms with Crippen LogP contribution in [0.25, 0.3) is 0 Å². The largest absolute Gasteiger partial charge is 0.405 e. The summed E-state index contributed by atoms with van der Waals surface area (Å²) >= 11 is 0. The number of hydrogen-bond acceptors (Lipinski definition) is 2. The Morgan fingerprint density at radius 1 is 1.07 bits per heavy atom. The summed E-state index contributed by atoms with van der Waals surface area (Å²) in [5, 5.41) is 0. The Morgan fingerprint density at radius 2 is 1.73 bits per heavy atom. The van der Waals surface area contributed by atoms with Gasteiger partial charge in [-0.3, -0.25) is 0 Å². The molecule has 2 N–H and O–H groups in total. The van der Waals surface area contributed by atoms with Crippen molar-refractivity contribution < 1.29 is 13.2 Å². The van der Waals surface area contributed by atoms with Gasteiger partial charge in [0, 0.05) is 6.04 Å². The van der Waals surface area contributed by atoms with E-state index in [2.05, 4.69) is 10.9 Å². The molecule has 0 aliphatic carbocycles. The van der Waals surface area contributed by atoms with Gasteiger partial charge in [-0.05, 0) is 12.0 Å². The van der Waals surface area contributed by atoms with E-state index in [9.17, 15) is 13.2 Å². The van der Waals surface area contributed by atoms with Crippen molar-refractivity contribution in [3.63, 3.8) is 0 Å². The van der Waals surface area contributed by atoms with Crippen LogP contribution in [0.1, 0.15) is 18.0 Å². The van der Waals surface area contributed by atoms with Crippen LogP contribution < -0.4 is 10.9 Å². The van der Waals surface area contributed by atoms with Crippen molar-refractivity contribution in [1.29, 1.82) is 0 Å². The Morgan fingerprint density at radius 3 is 2.27 bits per heavy atom. The number of hydrazine groups is 1. The van der Waals surface area contributed by atoms with Gasteiger partial charge >= 0.3 is 6.18 Å². The number of nitrogens with one attached hydrogen (secondary N) is 2. The number of hydrogen-bond donors (Lipinski definition) is 2. The van der Waals surface area contributed by atoms with E-state index in [1.165, 1.54) is 0 Å². The first kappa shape index (κ1) is 10.4. The molecular formula is C10H11F3N2. The van der Waals surface area contributed by atoms with Crippen LogP contribution in [0.4, 0.5) is 13.2 Å². The Balaban J connectivity index is 2.05. The maximum Gasteiger partial charge on any atom is 0.405 e. The highest BCUT2D eigenvalue weighted by molar-refractivity contribution is 5.20. The standard InChI is InChI=1S/C10H11F3N2/c11-10(12,13)9-6-8(14-15-9)7-4-2-1-3-5-7/h1-5,8-9,14-15H,6H2. The summed E-state index contributed by atoms with van der Waals surface area (Å²) in [5.41, 5.74) is 5.80. The third kappa shape index (κ3) is 2.30. The molecule has 82 valence electrons. The van der Waals surface area contributed by atoms with Crippen molar-refractivity contribution in [3.8, 4) is 0 Å². The highest BCUT2D eigenvalue weighted by Gasteiger charge is 2.44. The second-order valence-electron chi connectivity index (χ2n) is 3.58. The second-order valence-corrected chi connectivity index (χ2v) is 3.58. The van der Waals surface area contributed by atoms with E-state index in [1.807, 2.05) is 30.3 Å². The Hall–Kier alpha value is -1.07. The molecule has 1 aliphatic heterocycles. The topological polar surface area (TPSA) is 24.1 Å². The van der Waals surface area contributed by atoms with Crippen molar-refractivity contribution in [3.05, 3.63) is 35.9 Å². The van der Waals surface area contributed by atoms with Crippen LogP contribution >= 0.6 is 0 Å². The van der Waals surface area contributed by atoms with Gasteiger partial charge in [0.05, 0.1) is 0 Å². The molecule has 1 aliphatic rings. The van der Waals surface area contributed by atoms with Crippen molar-refractivity contribution >= 4 is 0 Å². The summed E-state index contributed by atoms with van der Waals surface area (Å²) in [5.74, 6) is 0.